The lowest BCUT2D eigenvalue weighted by Gasteiger charge is -2.50. The molecular formula is C23H31F2N3O4. The van der Waals surface area contributed by atoms with Gasteiger partial charge in [-0.05, 0) is 53.2 Å². The summed E-state index contributed by atoms with van der Waals surface area (Å²) in [4.78, 5) is 30.9. The van der Waals surface area contributed by atoms with Gasteiger partial charge in [-0.2, -0.15) is 0 Å². The van der Waals surface area contributed by atoms with Crippen LogP contribution in [-0.2, 0) is 9.47 Å². The Morgan fingerprint density at radius 1 is 1.22 bits per heavy atom. The lowest BCUT2D eigenvalue weighted by Crippen LogP contribution is -2.50. The second kappa shape index (κ2) is 8.33. The second-order valence-corrected chi connectivity index (χ2v) is 9.87. The first-order chi connectivity index (χ1) is 14.7. The van der Waals surface area contributed by atoms with Crippen molar-refractivity contribution < 1.29 is 27.8 Å². The van der Waals surface area contributed by atoms with Crippen molar-refractivity contribution in [1.29, 1.82) is 0 Å². The number of amides is 1. The molecule has 1 fully saturated rings. The molecule has 2 aliphatic rings. The highest BCUT2D eigenvalue weighted by atomic mass is 19.3. The van der Waals surface area contributed by atoms with Crippen LogP contribution in [0, 0.1) is 5.41 Å². The SMILES string of the molecule is COC(=O)c1ccc(C2=CC3(CCN2C(=O)OC(C)(C)C)CC(F)(F)C3)c(NC(C)C)n1. The predicted octanol–water partition coefficient (Wildman–Crippen LogP) is 5.09. The van der Waals surface area contributed by atoms with Crippen molar-refractivity contribution in [2.45, 2.75) is 71.4 Å². The molecule has 1 N–H and O–H groups in total. The largest absolute Gasteiger partial charge is 0.464 e. The highest BCUT2D eigenvalue weighted by Gasteiger charge is 2.57. The number of anilines is 1. The molecule has 2 heterocycles. The van der Waals surface area contributed by atoms with Crippen LogP contribution in [0.15, 0.2) is 18.2 Å². The molecule has 0 unspecified atom stereocenters. The van der Waals surface area contributed by atoms with E-state index in [-0.39, 0.29) is 31.1 Å². The van der Waals surface area contributed by atoms with Gasteiger partial charge in [0.15, 0.2) is 5.69 Å². The van der Waals surface area contributed by atoms with Crippen molar-refractivity contribution in [3.05, 3.63) is 29.5 Å². The van der Waals surface area contributed by atoms with E-state index in [4.69, 9.17) is 9.47 Å². The number of carbonyl (C=O) groups is 2. The molecule has 7 nitrogen and oxygen atoms in total. The summed E-state index contributed by atoms with van der Waals surface area (Å²) < 4.78 is 37.9. The van der Waals surface area contributed by atoms with Crippen LogP contribution in [0.4, 0.5) is 19.4 Å². The number of halogens is 2. The Balaban J connectivity index is 2.09. The molecule has 0 bridgehead atoms. The Kier molecular flexibility index (Phi) is 6.23. The van der Waals surface area contributed by atoms with Gasteiger partial charge in [0.05, 0.1) is 12.8 Å². The molecule has 3 rings (SSSR count). The topological polar surface area (TPSA) is 80.8 Å². The predicted molar refractivity (Wildman–Crippen MR) is 116 cm³/mol. The molecule has 176 valence electrons. The first-order valence-corrected chi connectivity index (χ1v) is 10.7. The van der Waals surface area contributed by atoms with Crippen LogP contribution in [0.2, 0.25) is 0 Å². The van der Waals surface area contributed by atoms with Crippen molar-refractivity contribution >= 4 is 23.6 Å². The summed E-state index contributed by atoms with van der Waals surface area (Å²) in [5, 5.41) is 3.19. The first-order valence-electron chi connectivity index (χ1n) is 10.7. The zero-order valence-corrected chi connectivity index (χ0v) is 19.4. The number of nitrogens with one attached hydrogen (secondary N) is 1. The average Bonchev–Trinajstić information content (AvgIpc) is 2.63. The number of alkyl halides is 2. The Morgan fingerprint density at radius 3 is 2.41 bits per heavy atom. The van der Waals surface area contributed by atoms with Gasteiger partial charge < -0.3 is 14.8 Å². The number of nitrogens with zero attached hydrogens (tertiary/aromatic N) is 2. The van der Waals surface area contributed by atoms with Gasteiger partial charge >= 0.3 is 12.1 Å². The molecule has 0 atom stereocenters. The number of rotatable bonds is 4. The van der Waals surface area contributed by atoms with E-state index in [0.717, 1.165) is 0 Å². The maximum Gasteiger partial charge on any atom is 0.414 e. The smallest absolute Gasteiger partial charge is 0.414 e. The van der Waals surface area contributed by atoms with Gasteiger partial charge in [-0.3, -0.25) is 4.90 Å². The number of carbonyl (C=O) groups excluding carboxylic acids is 2. The normalized spacial score (nSPS) is 19.3. The fourth-order valence-corrected chi connectivity index (χ4v) is 4.15. The summed E-state index contributed by atoms with van der Waals surface area (Å²) in [5.41, 5.74) is -0.315. The molecule has 1 aliphatic heterocycles. The third-order valence-corrected chi connectivity index (χ3v) is 5.39. The third-order valence-electron chi connectivity index (χ3n) is 5.39. The van der Waals surface area contributed by atoms with E-state index in [1.165, 1.54) is 18.1 Å². The van der Waals surface area contributed by atoms with E-state index in [1.54, 1.807) is 32.9 Å². The first kappa shape index (κ1) is 23.9. The highest BCUT2D eigenvalue weighted by Crippen LogP contribution is 2.58. The van der Waals surface area contributed by atoms with Crippen LogP contribution in [0.5, 0.6) is 0 Å². The molecule has 1 saturated carbocycles. The Morgan fingerprint density at radius 2 is 1.88 bits per heavy atom. The lowest BCUT2D eigenvalue weighted by atomic mass is 9.62. The number of hydrogen-bond donors (Lipinski definition) is 1. The summed E-state index contributed by atoms with van der Waals surface area (Å²) in [6.07, 6.45) is 1.10. The van der Waals surface area contributed by atoms with Crippen molar-refractivity contribution in [2.24, 2.45) is 5.41 Å². The van der Waals surface area contributed by atoms with E-state index in [1.807, 2.05) is 13.8 Å². The van der Waals surface area contributed by atoms with E-state index in [0.29, 0.717) is 23.5 Å². The molecule has 32 heavy (non-hydrogen) atoms. The van der Waals surface area contributed by atoms with Crippen molar-refractivity contribution in [1.82, 2.24) is 9.88 Å². The monoisotopic (exact) mass is 451 g/mol. The summed E-state index contributed by atoms with van der Waals surface area (Å²) >= 11 is 0. The van der Waals surface area contributed by atoms with Gasteiger partial charge in [0.25, 0.3) is 0 Å². The van der Waals surface area contributed by atoms with E-state index >= 15 is 0 Å². The summed E-state index contributed by atoms with van der Waals surface area (Å²) in [6, 6.07) is 3.12. The molecule has 1 aromatic heterocycles. The standard InChI is InChI=1S/C23H31F2N3O4/c1-14(2)26-18-15(7-8-16(27-18)19(29)31-6)17-11-22(12-23(24,25)13-22)9-10-28(17)20(30)32-21(3,4)5/h7-8,11,14H,9-10,12-13H2,1-6H3,(H,26,27). The molecule has 0 aromatic carbocycles. The minimum Gasteiger partial charge on any atom is -0.464 e. The minimum atomic E-state index is -2.71. The Labute approximate surface area is 187 Å². The molecule has 0 saturated heterocycles. The van der Waals surface area contributed by atoms with Crippen LogP contribution < -0.4 is 5.32 Å². The summed E-state index contributed by atoms with van der Waals surface area (Å²) in [7, 11) is 1.27. The number of methoxy groups -OCH3 is 1. The molecule has 9 heteroatoms. The lowest BCUT2D eigenvalue weighted by molar-refractivity contribution is -0.146. The second-order valence-electron chi connectivity index (χ2n) is 9.87. The van der Waals surface area contributed by atoms with Gasteiger partial charge in [0.2, 0.25) is 5.92 Å². The molecule has 0 radical (unpaired) electrons. The molecule has 1 aliphatic carbocycles. The fraction of sp³-hybridized carbons (Fsp3) is 0.609. The number of aromatic nitrogens is 1. The molecule has 1 amide bonds. The van der Waals surface area contributed by atoms with Gasteiger partial charge in [-0.15, -0.1) is 0 Å². The quantitative estimate of drug-likeness (QED) is 0.643. The van der Waals surface area contributed by atoms with Crippen molar-refractivity contribution in [3.8, 4) is 0 Å². The Hall–Kier alpha value is -2.71. The Bertz CT molecular complexity index is 930. The van der Waals surface area contributed by atoms with Gasteiger partial charge in [0, 0.05) is 36.4 Å². The van der Waals surface area contributed by atoms with Gasteiger partial charge in [0.1, 0.15) is 11.4 Å². The maximum absolute atomic E-state index is 13.8. The van der Waals surface area contributed by atoms with Gasteiger partial charge in [-0.1, -0.05) is 6.08 Å². The molecule has 1 spiro atoms. The molecular weight excluding hydrogens is 420 g/mol. The number of pyridine rings is 1. The van der Waals surface area contributed by atoms with Crippen LogP contribution in [-0.4, -0.2) is 53.2 Å². The van der Waals surface area contributed by atoms with Crippen molar-refractivity contribution in [2.75, 3.05) is 19.0 Å². The number of ether oxygens (including phenoxy) is 2. The van der Waals surface area contributed by atoms with Crippen LogP contribution in [0.25, 0.3) is 5.70 Å². The highest BCUT2D eigenvalue weighted by molar-refractivity contribution is 5.90. The summed E-state index contributed by atoms with van der Waals surface area (Å²) in [5.74, 6) is -2.94. The van der Waals surface area contributed by atoms with Crippen molar-refractivity contribution in [3.63, 3.8) is 0 Å². The zero-order valence-electron chi connectivity index (χ0n) is 19.4. The average molecular weight is 452 g/mol. The third kappa shape index (κ3) is 5.19. The number of esters is 1. The minimum absolute atomic E-state index is 0.0321. The molecule has 1 aromatic rings. The van der Waals surface area contributed by atoms with Crippen LogP contribution in [0.1, 0.15) is 69.9 Å². The fourth-order valence-electron chi connectivity index (χ4n) is 4.15. The van der Waals surface area contributed by atoms with E-state index in [2.05, 4.69) is 10.3 Å². The zero-order chi connectivity index (χ0) is 23.9. The number of allylic oxidation sites excluding steroid dienone is 1. The van der Waals surface area contributed by atoms with E-state index in [9.17, 15) is 18.4 Å². The maximum atomic E-state index is 13.8. The summed E-state index contributed by atoms with van der Waals surface area (Å²) in [6.45, 7) is 9.37. The van der Waals surface area contributed by atoms with Crippen LogP contribution >= 0.6 is 0 Å². The van der Waals surface area contributed by atoms with E-state index < -0.39 is 29.0 Å². The van der Waals surface area contributed by atoms with Gasteiger partial charge in [-0.25, -0.2) is 23.4 Å². The van der Waals surface area contributed by atoms with Crippen LogP contribution in [0.3, 0.4) is 0 Å². The number of hydrogen-bond acceptors (Lipinski definition) is 6.